The summed E-state index contributed by atoms with van der Waals surface area (Å²) >= 11 is 0. The second-order valence-electron chi connectivity index (χ2n) is 20.4. The molecule has 0 aliphatic carbocycles. The quantitative estimate of drug-likeness (QED) is 0.0373. The van der Waals surface area contributed by atoms with Crippen LogP contribution in [0.25, 0.3) is 0 Å². The zero-order chi connectivity index (χ0) is 53.4. The fourth-order valence-electron chi connectivity index (χ4n) is 8.64. The van der Waals surface area contributed by atoms with Crippen molar-refractivity contribution in [2.24, 2.45) is 0 Å². The molecule has 1 atom stereocenters. The highest BCUT2D eigenvalue weighted by Gasteiger charge is 2.16. The van der Waals surface area contributed by atoms with Crippen LogP contribution in [0.2, 0.25) is 0 Å². The van der Waals surface area contributed by atoms with E-state index in [4.69, 9.17) is 9.47 Å². The van der Waals surface area contributed by atoms with Crippen LogP contribution < -0.4 is 0 Å². The van der Waals surface area contributed by atoms with Gasteiger partial charge < -0.3 is 14.6 Å². The Hall–Kier alpha value is -3.70. The zero-order valence-electron chi connectivity index (χ0n) is 48.3. The van der Waals surface area contributed by atoms with E-state index in [1.54, 1.807) is 0 Å². The normalized spacial score (nSPS) is 13.1. The second kappa shape index (κ2) is 63.6. The van der Waals surface area contributed by atoms with Crippen LogP contribution in [-0.2, 0) is 19.1 Å². The van der Waals surface area contributed by atoms with Gasteiger partial charge in [0.15, 0.2) is 6.10 Å². The molecular formula is C69H116O5. The molecule has 5 nitrogen and oxygen atoms in total. The summed E-state index contributed by atoms with van der Waals surface area (Å²) in [4.78, 5) is 24.5. The maximum absolute atomic E-state index is 12.3. The predicted molar refractivity (Wildman–Crippen MR) is 325 cm³/mol. The third-order valence-corrected chi connectivity index (χ3v) is 13.3. The number of carbonyl (C=O) groups excluding carboxylic acids is 2. The smallest absolute Gasteiger partial charge is 0.306 e. The van der Waals surface area contributed by atoms with Gasteiger partial charge in [-0.3, -0.25) is 9.59 Å². The molecule has 0 aliphatic rings. The van der Waals surface area contributed by atoms with E-state index in [1.807, 2.05) is 0 Å². The fraction of sp³-hybridized carbons (Fsp3) is 0.681. The van der Waals surface area contributed by atoms with Crippen molar-refractivity contribution in [2.45, 2.75) is 290 Å². The van der Waals surface area contributed by atoms with Crippen molar-refractivity contribution in [3.63, 3.8) is 0 Å². The summed E-state index contributed by atoms with van der Waals surface area (Å²) in [5.41, 5.74) is 0. The van der Waals surface area contributed by atoms with Crippen LogP contribution >= 0.6 is 0 Å². The topological polar surface area (TPSA) is 72.8 Å². The summed E-state index contributed by atoms with van der Waals surface area (Å²) in [6.07, 6.45) is 93.3. The molecular weight excluding hydrogens is 909 g/mol. The minimum Gasteiger partial charge on any atom is -0.462 e. The summed E-state index contributed by atoms with van der Waals surface area (Å²) in [7, 11) is 0. The fourth-order valence-corrected chi connectivity index (χ4v) is 8.64. The van der Waals surface area contributed by atoms with E-state index in [-0.39, 0.29) is 25.2 Å². The molecule has 74 heavy (non-hydrogen) atoms. The van der Waals surface area contributed by atoms with Gasteiger partial charge >= 0.3 is 11.9 Å². The summed E-state index contributed by atoms with van der Waals surface area (Å²) in [5.74, 6) is -0.590. The van der Waals surface area contributed by atoms with Crippen LogP contribution in [0.15, 0.2) is 122 Å². The van der Waals surface area contributed by atoms with E-state index < -0.39 is 6.10 Å². The summed E-state index contributed by atoms with van der Waals surface area (Å²) in [6.45, 7) is 4.05. The first-order valence-corrected chi connectivity index (χ1v) is 31.1. The highest BCUT2D eigenvalue weighted by atomic mass is 16.6. The average Bonchev–Trinajstić information content (AvgIpc) is 3.40. The molecule has 0 saturated heterocycles. The lowest BCUT2D eigenvalue weighted by Crippen LogP contribution is -2.28. The molecule has 0 bridgehead atoms. The van der Waals surface area contributed by atoms with Crippen LogP contribution in [0.5, 0.6) is 0 Å². The first-order chi connectivity index (χ1) is 36.6. The molecule has 0 spiro atoms. The Labute approximate surface area is 458 Å². The van der Waals surface area contributed by atoms with Gasteiger partial charge in [0.25, 0.3) is 0 Å². The number of aliphatic hydroxyl groups is 1. The lowest BCUT2D eigenvalue weighted by Gasteiger charge is -2.15. The second-order valence-corrected chi connectivity index (χ2v) is 20.4. The highest BCUT2D eigenvalue weighted by Crippen LogP contribution is 2.16. The van der Waals surface area contributed by atoms with Crippen molar-refractivity contribution in [2.75, 3.05) is 13.2 Å². The van der Waals surface area contributed by atoms with Gasteiger partial charge in [-0.05, 0) is 89.9 Å². The molecule has 0 rings (SSSR count). The molecule has 0 aliphatic heterocycles. The van der Waals surface area contributed by atoms with Crippen LogP contribution in [0.1, 0.15) is 284 Å². The number of hydrogen-bond donors (Lipinski definition) is 1. The number of aliphatic hydroxyl groups excluding tert-OH is 1. The van der Waals surface area contributed by atoms with Crippen molar-refractivity contribution >= 4 is 11.9 Å². The third kappa shape index (κ3) is 60.9. The maximum atomic E-state index is 12.3. The van der Waals surface area contributed by atoms with Gasteiger partial charge in [0.05, 0.1) is 6.61 Å². The molecule has 0 amide bonds. The Balaban J connectivity index is 3.56. The minimum atomic E-state index is -0.780. The summed E-state index contributed by atoms with van der Waals surface area (Å²) < 4.78 is 10.7. The Kier molecular flexibility index (Phi) is 60.4. The number of unbranched alkanes of at least 4 members (excludes halogenated alkanes) is 28. The standard InChI is InChI=1S/C69H116O5/c1-3-5-7-9-11-13-15-17-19-21-23-24-25-26-27-28-29-30-31-32-33-34-35-36-37-38-39-40-41-42-43-44-46-48-50-52-54-56-58-60-62-64-69(72)74-67(65-70)66-73-68(71)63-61-59-57-55-53-51-49-47-45-22-20-18-16-14-12-10-8-6-4-2/h5,7,11,13,17,19,23-24,26-27,29-30,32-33,35-36,38-39,41-42,67,70H,3-4,6,8-10,12,14-16,18,20-22,25,28,31,34,37,40,43-66H2,1-2H3/b7-5-,13-11-,19-17-,24-23-,27-26-,30-29-,33-32-,36-35-,39-38-,42-41-. The van der Waals surface area contributed by atoms with Crippen molar-refractivity contribution < 1.29 is 24.2 Å². The monoisotopic (exact) mass is 1020 g/mol. The van der Waals surface area contributed by atoms with Crippen LogP contribution in [0.4, 0.5) is 0 Å². The predicted octanol–water partition coefficient (Wildman–Crippen LogP) is 21.4. The SMILES string of the molecule is CC/C=C\C/C=C\C/C=C\C/C=C\C/C=C\C/C=C\C/C=C\C/C=C\C/C=C\C/C=C\CCCCCCCCCCCCC(=O)OC(CO)COC(=O)CCCCCCCCCCCCCCCCCCCCC. The largest absolute Gasteiger partial charge is 0.462 e. The van der Waals surface area contributed by atoms with Gasteiger partial charge in [-0.15, -0.1) is 0 Å². The van der Waals surface area contributed by atoms with Crippen LogP contribution in [0, 0.1) is 0 Å². The number of rotatable bonds is 56. The van der Waals surface area contributed by atoms with Gasteiger partial charge in [-0.2, -0.15) is 0 Å². The number of allylic oxidation sites excluding steroid dienone is 20. The van der Waals surface area contributed by atoms with Gasteiger partial charge in [0, 0.05) is 12.8 Å². The summed E-state index contributed by atoms with van der Waals surface area (Å²) in [5, 5.41) is 9.66. The lowest BCUT2D eigenvalue weighted by molar-refractivity contribution is -0.161. The first-order valence-electron chi connectivity index (χ1n) is 31.1. The number of carbonyl (C=O) groups is 2. The van der Waals surface area contributed by atoms with Crippen LogP contribution in [0.3, 0.4) is 0 Å². The zero-order valence-corrected chi connectivity index (χ0v) is 48.3. The van der Waals surface area contributed by atoms with E-state index in [1.165, 1.54) is 154 Å². The van der Waals surface area contributed by atoms with Crippen molar-refractivity contribution in [1.82, 2.24) is 0 Å². The van der Waals surface area contributed by atoms with Gasteiger partial charge in [-0.25, -0.2) is 0 Å². The maximum Gasteiger partial charge on any atom is 0.306 e. The third-order valence-electron chi connectivity index (χ3n) is 13.3. The van der Waals surface area contributed by atoms with E-state index in [0.717, 1.165) is 103 Å². The van der Waals surface area contributed by atoms with Crippen molar-refractivity contribution in [3.05, 3.63) is 122 Å². The lowest BCUT2D eigenvalue weighted by atomic mass is 10.0. The molecule has 0 aromatic rings. The van der Waals surface area contributed by atoms with E-state index >= 15 is 0 Å². The molecule has 0 aromatic carbocycles. The highest BCUT2D eigenvalue weighted by molar-refractivity contribution is 5.70. The Morgan fingerprint density at radius 1 is 0.324 bits per heavy atom. The van der Waals surface area contributed by atoms with E-state index in [0.29, 0.717) is 12.8 Å². The number of ether oxygens (including phenoxy) is 2. The van der Waals surface area contributed by atoms with Crippen molar-refractivity contribution in [1.29, 1.82) is 0 Å². The van der Waals surface area contributed by atoms with Gasteiger partial charge in [-0.1, -0.05) is 302 Å². The van der Waals surface area contributed by atoms with Gasteiger partial charge in [0.1, 0.15) is 6.61 Å². The Bertz CT molecular complexity index is 1490. The van der Waals surface area contributed by atoms with E-state index in [9.17, 15) is 14.7 Å². The molecule has 422 valence electrons. The molecule has 1 unspecified atom stereocenters. The Morgan fingerprint density at radius 3 is 0.878 bits per heavy atom. The van der Waals surface area contributed by atoms with Crippen LogP contribution in [-0.4, -0.2) is 36.4 Å². The minimum absolute atomic E-state index is 0.0691. The van der Waals surface area contributed by atoms with Crippen molar-refractivity contribution in [3.8, 4) is 0 Å². The summed E-state index contributed by atoms with van der Waals surface area (Å²) in [6, 6.07) is 0. The molecule has 0 radical (unpaired) electrons. The molecule has 0 saturated carbocycles. The Morgan fingerprint density at radius 2 is 0.581 bits per heavy atom. The first kappa shape index (κ1) is 70.3. The average molecular weight is 1030 g/mol. The van der Waals surface area contributed by atoms with Gasteiger partial charge in [0.2, 0.25) is 0 Å². The number of hydrogen-bond acceptors (Lipinski definition) is 5. The number of esters is 2. The van der Waals surface area contributed by atoms with E-state index in [2.05, 4.69) is 135 Å². The molecule has 0 heterocycles. The molecule has 0 aromatic heterocycles. The molecule has 5 heteroatoms. The molecule has 0 fully saturated rings. The molecule has 1 N–H and O–H groups in total.